The monoisotopic (exact) mass is 495 g/mol. The van der Waals surface area contributed by atoms with Crippen LogP contribution in [0.15, 0.2) is 30.3 Å². The number of aromatic hydroxyl groups is 1. The van der Waals surface area contributed by atoms with Crippen molar-refractivity contribution in [1.29, 1.82) is 0 Å². The van der Waals surface area contributed by atoms with E-state index in [1.54, 1.807) is 0 Å². The third-order valence-electron chi connectivity index (χ3n) is 5.04. The van der Waals surface area contributed by atoms with Gasteiger partial charge >= 0.3 is 28.7 Å². The van der Waals surface area contributed by atoms with Crippen LogP contribution in [0.3, 0.4) is 0 Å². The molecule has 2 rings (SSSR count). The van der Waals surface area contributed by atoms with Crippen molar-refractivity contribution in [3.63, 3.8) is 0 Å². The summed E-state index contributed by atoms with van der Waals surface area (Å²) in [6.45, 7) is 22.5. The van der Waals surface area contributed by atoms with Crippen LogP contribution in [0.4, 0.5) is 0 Å². The average Bonchev–Trinajstić information content (AvgIpc) is 2.62. The molecule has 0 saturated heterocycles. The molecule has 0 radical (unpaired) electrons. The zero-order valence-electron chi connectivity index (χ0n) is 20.9. The summed E-state index contributed by atoms with van der Waals surface area (Å²) in [5, 5.41) is 18.3. The molecule has 1 unspecified atom stereocenters. The number of benzene rings is 2. The van der Waals surface area contributed by atoms with Crippen LogP contribution in [0, 0.1) is 6.92 Å². The van der Waals surface area contributed by atoms with E-state index in [4.69, 9.17) is 5.32 Å². The molecule has 2 aromatic rings. The van der Waals surface area contributed by atoms with Gasteiger partial charge in [0.1, 0.15) is 5.75 Å². The summed E-state index contributed by atoms with van der Waals surface area (Å²) in [7, 11) is 5.04. The van der Waals surface area contributed by atoms with E-state index in [-0.39, 0.29) is 16.4 Å². The molecular formula is C26H39ClNOPTi. The van der Waals surface area contributed by atoms with E-state index in [2.05, 4.69) is 109 Å². The Morgan fingerprint density at radius 1 is 0.871 bits per heavy atom. The molecule has 2 aromatic carbocycles. The molecule has 0 amide bonds. The Bertz CT molecular complexity index is 877. The quantitative estimate of drug-likeness (QED) is 0.351. The molecule has 1 N–H and O–H groups in total. The SMILES string of the molecule is Cc1ccc(Pc2cc(C(C)(C)C)cc(C(C)(C)C)c2O)c(C[N-]C(C)(C)C)c1.[Cl][Ti+]. The van der Waals surface area contributed by atoms with Crippen LogP contribution in [0.25, 0.3) is 5.32 Å². The summed E-state index contributed by atoms with van der Waals surface area (Å²) in [5.41, 5.74) is 4.68. The Kier molecular flexibility index (Phi) is 10.3. The van der Waals surface area contributed by atoms with E-state index < -0.39 is 0 Å². The summed E-state index contributed by atoms with van der Waals surface area (Å²) in [4.78, 5) is 0. The fraction of sp³-hybridized carbons (Fsp3) is 0.538. The molecule has 0 saturated carbocycles. The van der Waals surface area contributed by atoms with Crippen molar-refractivity contribution in [2.24, 2.45) is 0 Å². The van der Waals surface area contributed by atoms with Gasteiger partial charge in [-0.3, -0.25) is 0 Å². The topological polar surface area (TPSA) is 34.3 Å². The summed E-state index contributed by atoms with van der Waals surface area (Å²) in [6.07, 6.45) is 0. The second kappa shape index (κ2) is 11.2. The van der Waals surface area contributed by atoms with Gasteiger partial charge in [-0.25, -0.2) is 0 Å². The van der Waals surface area contributed by atoms with Crippen molar-refractivity contribution in [3.05, 3.63) is 57.9 Å². The normalized spacial score (nSPS) is 12.7. The molecule has 5 heteroatoms. The van der Waals surface area contributed by atoms with Crippen molar-refractivity contribution < 1.29 is 24.5 Å². The number of phenols is 1. The van der Waals surface area contributed by atoms with E-state index in [1.165, 1.54) is 41.4 Å². The number of aryl methyl sites for hydroxylation is 1. The standard InChI is InChI=1S/C26H39NOP.ClH.Ti/c1-17-11-12-21(18(13-17)16-27-26(8,9)10)29-22-15-19(24(2,3)4)14-20(23(22)28)25(5,6)7;;/h11-15,28-29H,16H2,1-10H3;1H;/q-1;;+2/p-1. The predicted molar refractivity (Wildman–Crippen MR) is 137 cm³/mol. The number of halogens is 1. The summed E-state index contributed by atoms with van der Waals surface area (Å²) >= 11 is 1.47. The van der Waals surface area contributed by atoms with Gasteiger partial charge < -0.3 is 10.4 Å². The number of hydrogen-bond acceptors (Lipinski definition) is 1. The number of phenolic OH excluding ortho intramolecular Hbond substituents is 1. The summed E-state index contributed by atoms with van der Waals surface area (Å²) in [5.74, 6) is 0.447. The van der Waals surface area contributed by atoms with Gasteiger partial charge in [-0.15, -0.1) is 12.1 Å². The van der Waals surface area contributed by atoms with E-state index in [1.807, 2.05) is 0 Å². The van der Waals surface area contributed by atoms with E-state index in [0.29, 0.717) is 20.9 Å². The van der Waals surface area contributed by atoms with Crippen LogP contribution < -0.4 is 10.6 Å². The molecule has 170 valence electrons. The molecule has 0 heterocycles. The van der Waals surface area contributed by atoms with Crippen LogP contribution in [-0.4, -0.2) is 10.6 Å². The van der Waals surface area contributed by atoms with Crippen LogP contribution in [0.1, 0.15) is 84.6 Å². The Morgan fingerprint density at radius 3 is 1.94 bits per heavy atom. The Balaban J connectivity index is 0.00000233. The minimum atomic E-state index is -0.109. The molecule has 0 bridgehead atoms. The number of rotatable bonds is 4. The van der Waals surface area contributed by atoms with E-state index in [0.717, 1.165) is 10.9 Å². The van der Waals surface area contributed by atoms with Crippen molar-refractivity contribution in [2.75, 3.05) is 0 Å². The summed E-state index contributed by atoms with van der Waals surface area (Å²) in [6, 6.07) is 11.0. The fourth-order valence-electron chi connectivity index (χ4n) is 3.18. The van der Waals surface area contributed by atoms with Gasteiger partial charge in [0.15, 0.2) is 0 Å². The second-order valence-electron chi connectivity index (χ2n) is 11.2. The van der Waals surface area contributed by atoms with Gasteiger partial charge in [-0.2, -0.15) is 0 Å². The Morgan fingerprint density at radius 2 is 1.45 bits per heavy atom. The molecule has 31 heavy (non-hydrogen) atoms. The Labute approximate surface area is 208 Å². The van der Waals surface area contributed by atoms with Crippen molar-refractivity contribution in [3.8, 4) is 5.75 Å². The van der Waals surface area contributed by atoms with Crippen LogP contribution >= 0.6 is 17.9 Å². The van der Waals surface area contributed by atoms with Gasteiger partial charge in [-0.05, 0) is 34.7 Å². The molecule has 2 nitrogen and oxygen atoms in total. The summed E-state index contributed by atoms with van der Waals surface area (Å²) < 4.78 is 0. The first-order valence-electron chi connectivity index (χ1n) is 10.7. The molecule has 0 aliphatic carbocycles. The first kappa shape index (κ1) is 28.7. The Hall–Kier alpha value is -0.366. The molecule has 1 atom stereocenters. The first-order chi connectivity index (χ1) is 14.1. The predicted octanol–water partition coefficient (Wildman–Crippen LogP) is 7.28. The first-order valence-corrected chi connectivity index (χ1v) is 13.8. The molecule has 0 aliphatic rings. The molecular weight excluding hydrogens is 457 g/mol. The van der Waals surface area contributed by atoms with E-state index >= 15 is 0 Å². The molecule has 0 aliphatic heterocycles. The molecule has 0 aromatic heterocycles. The van der Waals surface area contributed by atoms with Crippen LogP contribution in [0.5, 0.6) is 5.75 Å². The third-order valence-corrected chi connectivity index (χ3v) is 6.45. The zero-order valence-corrected chi connectivity index (χ0v) is 24.2. The van der Waals surface area contributed by atoms with Crippen LogP contribution in [0.2, 0.25) is 0 Å². The number of hydrogen-bond donors (Lipinski definition) is 1. The molecule has 0 fully saturated rings. The van der Waals surface area contributed by atoms with Crippen molar-refractivity contribution in [1.82, 2.24) is 0 Å². The van der Waals surface area contributed by atoms with Gasteiger partial charge in [0.2, 0.25) is 0 Å². The van der Waals surface area contributed by atoms with Crippen LogP contribution in [-0.2, 0) is 36.7 Å². The van der Waals surface area contributed by atoms with Crippen molar-refractivity contribution >= 4 is 28.5 Å². The van der Waals surface area contributed by atoms with Gasteiger partial charge in [0, 0.05) is 10.9 Å². The molecule has 0 spiro atoms. The number of nitrogens with zero attached hydrogens (tertiary/aromatic N) is 1. The van der Waals surface area contributed by atoms with E-state index in [9.17, 15) is 5.11 Å². The second-order valence-corrected chi connectivity index (χ2v) is 12.5. The minimum absolute atomic E-state index is 0.0323. The van der Waals surface area contributed by atoms with Crippen molar-refractivity contribution in [2.45, 2.75) is 92.2 Å². The third kappa shape index (κ3) is 8.83. The van der Waals surface area contributed by atoms with Gasteiger partial charge in [0.05, 0.1) is 0 Å². The fourth-order valence-corrected chi connectivity index (χ4v) is 4.43. The average molecular weight is 496 g/mol. The van der Waals surface area contributed by atoms with Gasteiger partial charge in [0.25, 0.3) is 0 Å². The van der Waals surface area contributed by atoms with Gasteiger partial charge in [-0.1, -0.05) is 106 Å². The maximum atomic E-state index is 11.2. The maximum absolute atomic E-state index is 11.2. The zero-order chi connectivity index (χ0) is 24.2.